The van der Waals surface area contributed by atoms with Gasteiger partial charge in [-0.25, -0.2) is 9.97 Å². The summed E-state index contributed by atoms with van der Waals surface area (Å²) in [5.74, 6) is 1.79. The van der Waals surface area contributed by atoms with Gasteiger partial charge in [-0.15, -0.1) is 0 Å². The number of aromatic hydroxyl groups is 1. The third-order valence-corrected chi connectivity index (χ3v) is 4.80. The maximum Gasteiger partial charge on any atom is 0.227 e. The highest BCUT2D eigenvalue weighted by Crippen LogP contribution is 2.34. The molecule has 1 heterocycles. The number of methoxy groups -OCH3 is 2. The Bertz CT molecular complexity index is 919. The van der Waals surface area contributed by atoms with Gasteiger partial charge in [0.25, 0.3) is 0 Å². The Morgan fingerprint density at radius 3 is 2.46 bits per heavy atom. The van der Waals surface area contributed by atoms with Crippen molar-refractivity contribution in [2.24, 2.45) is 0 Å². The molecule has 3 rings (SSSR count). The molecule has 2 aromatic carbocycles. The lowest BCUT2D eigenvalue weighted by Crippen LogP contribution is -1.99. The molecule has 8 heteroatoms. The SMILES string of the molecule is COc1cc2cnc(Nc3cc(I)cc(I)c3O)nc2cc1OC. The number of hydrogen-bond acceptors (Lipinski definition) is 6. The zero-order valence-electron chi connectivity index (χ0n) is 12.8. The van der Waals surface area contributed by atoms with Crippen LogP contribution >= 0.6 is 45.2 Å². The molecule has 0 fully saturated rings. The number of anilines is 2. The van der Waals surface area contributed by atoms with E-state index >= 15 is 0 Å². The monoisotopic (exact) mass is 549 g/mol. The standard InChI is InChI=1S/C16H13I2N3O3/c1-23-13-3-8-7-19-16(20-11(8)6-14(13)24-2)21-12-5-9(17)4-10(18)15(12)22/h3-7,22H,1-2H3,(H,19,20,21). The van der Waals surface area contributed by atoms with Crippen molar-refractivity contribution in [3.63, 3.8) is 0 Å². The number of nitrogens with one attached hydrogen (secondary N) is 1. The molecule has 0 unspecified atom stereocenters. The maximum atomic E-state index is 10.2. The van der Waals surface area contributed by atoms with Gasteiger partial charge in [0, 0.05) is 21.2 Å². The van der Waals surface area contributed by atoms with Crippen LogP contribution in [0.3, 0.4) is 0 Å². The number of phenolic OH excluding ortho intramolecular Hbond substituents is 1. The lowest BCUT2D eigenvalue weighted by molar-refractivity contribution is 0.356. The molecule has 0 aliphatic rings. The van der Waals surface area contributed by atoms with Crippen LogP contribution in [-0.4, -0.2) is 29.3 Å². The van der Waals surface area contributed by atoms with E-state index in [1.54, 1.807) is 26.5 Å². The third-order valence-electron chi connectivity index (χ3n) is 3.36. The van der Waals surface area contributed by atoms with E-state index in [2.05, 4.69) is 60.5 Å². The Hall–Kier alpha value is -1.56. The second-order valence-corrected chi connectivity index (χ2v) is 7.28. The van der Waals surface area contributed by atoms with Crippen LogP contribution < -0.4 is 14.8 Å². The molecule has 0 spiro atoms. The highest BCUT2D eigenvalue weighted by atomic mass is 127. The van der Waals surface area contributed by atoms with Gasteiger partial charge >= 0.3 is 0 Å². The first-order valence-corrected chi connectivity index (χ1v) is 9.01. The van der Waals surface area contributed by atoms with Gasteiger partial charge in [0.05, 0.1) is 29.0 Å². The predicted octanol–water partition coefficient (Wildman–Crippen LogP) is 4.31. The van der Waals surface area contributed by atoms with E-state index in [-0.39, 0.29) is 5.75 Å². The molecule has 6 nitrogen and oxygen atoms in total. The van der Waals surface area contributed by atoms with Gasteiger partial charge < -0.3 is 19.9 Å². The molecule has 0 bridgehead atoms. The van der Waals surface area contributed by atoms with Crippen molar-refractivity contribution < 1.29 is 14.6 Å². The molecule has 2 N–H and O–H groups in total. The van der Waals surface area contributed by atoms with Crippen LogP contribution in [0.25, 0.3) is 10.9 Å². The van der Waals surface area contributed by atoms with Crippen LogP contribution in [0.1, 0.15) is 0 Å². The second-order valence-electron chi connectivity index (χ2n) is 4.87. The van der Waals surface area contributed by atoms with E-state index in [1.165, 1.54) is 0 Å². The van der Waals surface area contributed by atoms with Crippen LogP contribution in [0.15, 0.2) is 30.5 Å². The summed E-state index contributed by atoms with van der Waals surface area (Å²) in [6.45, 7) is 0. The van der Waals surface area contributed by atoms with Crippen LogP contribution in [0.5, 0.6) is 17.2 Å². The van der Waals surface area contributed by atoms with Crippen molar-refractivity contribution >= 4 is 67.7 Å². The van der Waals surface area contributed by atoms with Crippen molar-refractivity contribution in [1.29, 1.82) is 0 Å². The van der Waals surface area contributed by atoms with Gasteiger partial charge in [0.1, 0.15) is 0 Å². The summed E-state index contributed by atoms with van der Waals surface area (Å²) in [5.41, 5.74) is 1.27. The molecular weight excluding hydrogens is 536 g/mol. The van der Waals surface area contributed by atoms with E-state index in [0.717, 1.165) is 12.5 Å². The molecule has 0 aliphatic carbocycles. The minimum atomic E-state index is 0.173. The molecule has 0 amide bonds. The Morgan fingerprint density at radius 2 is 1.75 bits per heavy atom. The van der Waals surface area contributed by atoms with Crippen molar-refractivity contribution in [2.75, 3.05) is 19.5 Å². The van der Waals surface area contributed by atoms with E-state index < -0.39 is 0 Å². The van der Waals surface area contributed by atoms with Crippen molar-refractivity contribution in [3.05, 3.63) is 37.6 Å². The molecule has 0 radical (unpaired) electrons. The number of rotatable bonds is 4. The fraction of sp³-hybridized carbons (Fsp3) is 0.125. The Balaban J connectivity index is 2.02. The minimum Gasteiger partial charge on any atom is -0.505 e. The first-order chi connectivity index (χ1) is 11.5. The summed E-state index contributed by atoms with van der Waals surface area (Å²) < 4.78 is 12.3. The smallest absolute Gasteiger partial charge is 0.227 e. The van der Waals surface area contributed by atoms with Gasteiger partial charge in [-0.1, -0.05) is 0 Å². The third kappa shape index (κ3) is 3.43. The van der Waals surface area contributed by atoms with Crippen LogP contribution in [0, 0.1) is 7.14 Å². The fourth-order valence-corrected chi connectivity index (χ4v) is 4.04. The lowest BCUT2D eigenvalue weighted by atomic mass is 10.2. The van der Waals surface area contributed by atoms with Gasteiger partial charge in [0.15, 0.2) is 17.2 Å². The summed E-state index contributed by atoms with van der Waals surface area (Å²) in [6.07, 6.45) is 1.70. The van der Waals surface area contributed by atoms with E-state index in [9.17, 15) is 5.11 Å². The fourth-order valence-electron chi connectivity index (χ4n) is 2.20. The summed E-state index contributed by atoms with van der Waals surface area (Å²) >= 11 is 4.28. The largest absolute Gasteiger partial charge is 0.505 e. The van der Waals surface area contributed by atoms with Gasteiger partial charge in [-0.3, -0.25) is 0 Å². The van der Waals surface area contributed by atoms with Crippen LogP contribution in [0.2, 0.25) is 0 Å². The normalized spacial score (nSPS) is 10.7. The summed E-state index contributed by atoms with van der Waals surface area (Å²) in [7, 11) is 3.16. The number of hydrogen-bond donors (Lipinski definition) is 2. The second kappa shape index (κ2) is 7.13. The highest BCUT2D eigenvalue weighted by molar-refractivity contribution is 14.1. The van der Waals surface area contributed by atoms with Crippen molar-refractivity contribution in [3.8, 4) is 17.2 Å². The lowest BCUT2D eigenvalue weighted by Gasteiger charge is -2.11. The van der Waals surface area contributed by atoms with Crippen molar-refractivity contribution in [2.45, 2.75) is 0 Å². The molecule has 1 aromatic heterocycles. The molecule has 24 heavy (non-hydrogen) atoms. The van der Waals surface area contributed by atoms with E-state index in [4.69, 9.17) is 9.47 Å². The Kier molecular flexibility index (Phi) is 5.13. The minimum absolute atomic E-state index is 0.173. The zero-order valence-corrected chi connectivity index (χ0v) is 17.1. The average Bonchev–Trinajstić information content (AvgIpc) is 2.57. The topological polar surface area (TPSA) is 76.5 Å². The number of fused-ring (bicyclic) bond motifs is 1. The molecular formula is C16H13I2N3O3. The zero-order chi connectivity index (χ0) is 17.3. The number of nitrogens with zero attached hydrogens (tertiary/aromatic N) is 2. The van der Waals surface area contributed by atoms with Gasteiger partial charge in [0.2, 0.25) is 5.95 Å². The molecule has 124 valence electrons. The van der Waals surface area contributed by atoms with E-state index in [0.29, 0.717) is 28.7 Å². The Labute approximate surface area is 165 Å². The summed E-state index contributed by atoms with van der Waals surface area (Å²) in [6, 6.07) is 7.34. The number of phenols is 1. The summed E-state index contributed by atoms with van der Waals surface area (Å²) in [4.78, 5) is 8.78. The van der Waals surface area contributed by atoms with Crippen molar-refractivity contribution in [1.82, 2.24) is 9.97 Å². The molecule has 0 aliphatic heterocycles. The first kappa shape index (κ1) is 17.3. The molecule has 3 aromatic rings. The number of benzene rings is 2. The predicted molar refractivity (Wildman–Crippen MR) is 109 cm³/mol. The number of halogens is 2. The Morgan fingerprint density at radius 1 is 1.04 bits per heavy atom. The number of ether oxygens (including phenoxy) is 2. The number of aromatic nitrogens is 2. The quantitative estimate of drug-likeness (QED) is 0.374. The van der Waals surface area contributed by atoms with Gasteiger partial charge in [-0.2, -0.15) is 0 Å². The average molecular weight is 549 g/mol. The first-order valence-electron chi connectivity index (χ1n) is 6.85. The highest BCUT2D eigenvalue weighted by Gasteiger charge is 2.11. The molecule has 0 saturated carbocycles. The van der Waals surface area contributed by atoms with Crippen LogP contribution in [-0.2, 0) is 0 Å². The summed E-state index contributed by atoms with van der Waals surface area (Å²) in [5, 5.41) is 14.1. The van der Waals surface area contributed by atoms with Crippen LogP contribution in [0.4, 0.5) is 11.6 Å². The maximum absolute atomic E-state index is 10.2. The molecule has 0 atom stereocenters. The molecule has 0 saturated heterocycles. The van der Waals surface area contributed by atoms with E-state index in [1.807, 2.05) is 18.2 Å². The van der Waals surface area contributed by atoms with Gasteiger partial charge in [-0.05, 0) is 63.4 Å².